The van der Waals surface area contributed by atoms with Crippen LogP contribution in [-0.2, 0) is 0 Å². The van der Waals surface area contributed by atoms with Crippen molar-refractivity contribution in [3.8, 4) is 5.75 Å². The zero-order valence-corrected chi connectivity index (χ0v) is 11.0. The zero-order valence-electron chi connectivity index (χ0n) is 11.0. The van der Waals surface area contributed by atoms with Crippen molar-refractivity contribution in [3.05, 3.63) is 29.8 Å². The van der Waals surface area contributed by atoms with Gasteiger partial charge in [0.15, 0.2) is 0 Å². The predicted molar refractivity (Wildman–Crippen MR) is 69.4 cm³/mol. The largest absolute Gasteiger partial charge is 0.497 e. The number of carbonyl (C=O) groups is 1. The standard InChI is InChI=1S/C14H21NO2/c1-5-10(2)11(3)15-14(16)12-7-6-8-13(9-12)17-4/h6-11H,5H2,1-4H3,(H,15,16)/t10-,11-/m0/s1. The van der Waals surface area contributed by atoms with E-state index in [0.717, 1.165) is 6.42 Å². The van der Waals surface area contributed by atoms with E-state index in [0.29, 0.717) is 17.2 Å². The molecule has 0 radical (unpaired) electrons. The molecule has 0 fully saturated rings. The van der Waals surface area contributed by atoms with Crippen molar-refractivity contribution in [3.63, 3.8) is 0 Å². The van der Waals surface area contributed by atoms with Gasteiger partial charge in [-0.05, 0) is 31.0 Å². The monoisotopic (exact) mass is 235 g/mol. The van der Waals surface area contributed by atoms with Crippen LogP contribution in [0.15, 0.2) is 24.3 Å². The Morgan fingerprint density at radius 2 is 2.12 bits per heavy atom. The number of hydrogen-bond acceptors (Lipinski definition) is 2. The topological polar surface area (TPSA) is 38.3 Å². The molecule has 0 bridgehead atoms. The van der Waals surface area contributed by atoms with E-state index in [2.05, 4.69) is 19.2 Å². The second-order valence-corrected chi connectivity index (χ2v) is 4.38. The van der Waals surface area contributed by atoms with Gasteiger partial charge in [-0.3, -0.25) is 4.79 Å². The first kappa shape index (κ1) is 13.6. The van der Waals surface area contributed by atoms with Crippen LogP contribution in [0.4, 0.5) is 0 Å². The van der Waals surface area contributed by atoms with Crippen molar-refractivity contribution >= 4 is 5.91 Å². The third-order valence-electron chi connectivity index (χ3n) is 3.19. The van der Waals surface area contributed by atoms with Crippen LogP contribution in [0.2, 0.25) is 0 Å². The lowest BCUT2D eigenvalue weighted by atomic mass is 10.0. The molecule has 0 heterocycles. The Labute approximate surface area is 103 Å². The van der Waals surface area contributed by atoms with Crippen LogP contribution >= 0.6 is 0 Å². The molecule has 94 valence electrons. The highest BCUT2D eigenvalue weighted by atomic mass is 16.5. The highest BCUT2D eigenvalue weighted by Gasteiger charge is 2.14. The molecule has 1 rings (SSSR count). The zero-order chi connectivity index (χ0) is 12.8. The van der Waals surface area contributed by atoms with Crippen LogP contribution in [0, 0.1) is 5.92 Å². The molecular weight excluding hydrogens is 214 g/mol. The Kier molecular flexibility index (Phi) is 5.01. The SMILES string of the molecule is CC[C@H](C)[C@H](C)NC(=O)c1cccc(OC)c1. The van der Waals surface area contributed by atoms with Crippen LogP contribution in [0.1, 0.15) is 37.6 Å². The molecule has 17 heavy (non-hydrogen) atoms. The van der Waals surface area contributed by atoms with E-state index in [-0.39, 0.29) is 11.9 Å². The molecule has 0 aliphatic rings. The van der Waals surface area contributed by atoms with Gasteiger partial charge in [0, 0.05) is 11.6 Å². The van der Waals surface area contributed by atoms with Gasteiger partial charge >= 0.3 is 0 Å². The van der Waals surface area contributed by atoms with Crippen molar-refractivity contribution in [2.45, 2.75) is 33.2 Å². The molecule has 0 aromatic heterocycles. The van der Waals surface area contributed by atoms with Crippen LogP contribution in [-0.4, -0.2) is 19.1 Å². The fourth-order valence-electron chi connectivity index (χ4n) is 1.55. The molecule has 0 saturated heterocycles. The molecule has 1 aromatic carbocycles. The predicted octanol–water partition coefficient (Wildman–Crippen LogP) is 2.86. The van der Waals surface area contributed by atoms with Gasteiger partial charge in [0.05, 0.1) is 7.11 Å². The maximum absolute atomic E-state index is 12.0. The summed E-state index contributed by atoms with van der Waals surface area (Å²) in [7, 11) is 1.60. The normalized spacial score (nSPS) is 13.9. The number of amides is 1. The van der Waals surface area contributed by atoms with Crippen molar-refractivity contribution in [1.29, 1.82) is 0 Å². The summed E-state index contributed by atoms with van der Waals surface area (Å²) in [6.07, 6.45) is 1.06. The van der Waals surface area contributed by atoms with Crippen molar-refractivity contribution < 1.29 is 9.53 Å². The number of carbonyl (C=O) groups excluding carboxylic acids is 1. The van der Waals surface area contributed by atoms with Crippen molar-refractivity contribution in [2.24, 2.45) is 5.92 Å². The highest BCUT2D eigenvalue weighted by Crippen LogP contribution is 2.13. The van der Waals surface area contributed by atoms with Gasteiger partial charge in [-0.15, -0.1) is 0 Å². The fourth-order valence-corrected chi connectivity index (χ4v) is 1.55. The third-order valence-corrected chi connectivity index (χ3v) is 3.19. The molecule has 0 unspecified atom stereocenters. The molecule has 0 aliphatic carbocycles. The minimum atomic E-state index is -0.0447. The average molecular weight is 235 g/mol. The number of hydrogen-bond donors (Lipinski definition) is 1. The van der Waals surface area contributed by atoms with Gasteiger partial charge in [-0.2, -0.15) is 0 Å². The van der Waals surface area contributed by atoms with E-state index < -0.39 is 0 Å². The second kappa shape index (κ2) is 6.28. The molecular formula is C14H21NO2. The van der Waals surface area contributed by atoms with E-state index in [1.807, 2.05) is 19.1 Å². The van der Waals surface area contributed by atoms with Gasteiger partial charge in [-0.1, -0.05) is 26.3 Å². The lowest BCUT2D eigenvalue weighted by Gasteiger charge is -2.19. The number of ether oxygens (including phenoxy) is 1. The summed E-state index contributed by atoms with van der Waals surface area (Å²) >= 11 is 0. The number of methoxy groups -OCH3 is 1. The molecule has 3 heteroatoms. The Balaban J connectivity index is 2.69. The van der Waals surface area contributed by atoms with E-state index in [9.17, 15) is 4.79 Å². The fraction of sp³-hybridized carbons (Fsp3) is 0.500. The maximum Gasteiger partial charge on any atom is 0.251 e. The molecule has 0 saturated carbocycles. The Bertz CT molecular complexity index is 376. The van der Waals surface area contributed by atoms with E-state index in [1.54, 1.807) is 19.2 Å². The quantitative estimate of drug-likeness (QED) is 0.852. The van der Waals surface area contributed by atoms with Crippen LogP contribution < -0.4 is 10.1 Å². The minimum absolute atomic E-state index is 0.0447. The number of benzene rings is 1. The molecule has 0 aliphatic heterocycles. The van der Waals surface area contributed by atoms with Crippen molar-refractivity contribution in [2.75, 3.05) is 7.11 Å². The van der Waals surface area contributed by atoms with E-state index in [1.165, 1.54) is 0 Å². The van der Waals surface area contributed by atoms with Crippen LogP contribution in [0.5, 0.6) is 5.75 Å². The van der Waals surface area contributed by atoms with Gasteiger partial charge in [0.2, 0.25) is 0 Å². The van der Waals surface area contributed by atoms with Gasteiger partial charge in [0.25, 0.3) is 5.91 Å². The first-order chi connectivity index (χ1) is 8.08. The lowest BCUT2D eigenvalue weighted by molar-refractivity contribution is 0.0928. The summed E-state index contributed by atoms with van der Waals surface area (Å²) in [4.78, 5) is 12.0. The summed E-state index contributed by atoms with van der Waals surface area (Å²) < 4.78 is 5.10. The summed E-state index contributed by atoms with van der Waals surface area (Å²) in [6.45, 7) is 6.29. The third kappa shape index (κ3) is 3.77. The summed E-state index contributed by atoms with van der Waals surface area (Å²) in [5.41, 5.74) is 0.638. The van der Waals surface area contributed by atoms with Crippen molar-refractivity contribution in [1.82, 2.24) is 5.32 Å². The van der Waals surface area contributed by atoms with Gasteiger partial charge < -0.3 is 10.1 Å². The molecule has 1 aromatic rings. The minimum Gasteiger partial charge on any atom is -0.497 e. The summed E-state index contributed by atoms with van der Waals surface area (Å²) in [5, 5.41) is 3.00. The second-order valence-electron chi connectivity index (χ2n) is 4.38. The Morgan fingerprint density at radius 1 is 1.41 bits per heavy atom. The summed E-state index contributed by atoms with van der Waals surface area (Å²) in [6, 6.07) is 7.37. The summed E-state index contributed by atoms with van der Waals surface area (Å²) in [5.74, 6) is 1.13. The van der Waals surface area contributed by atoms with E-state index in [4.69, 9.17) is 4.74 Å². The highest BCUT2D eigenvalue weighted by molar-refractivity contribution is 5.94. The maximum atomic E-state index is 12.0. The molecule has 0 spiro atoms. The molecule has 1 amide bonds. The van der Waals surface area contributed by atoms with Crippen LogP contribution in [0.3, 0.4) is 0 Å². The van der Waals surface area contributed by atoms with Gasteiger partial charge in [0.1, 0.15) is 5.75 Å². The molecule has 3 nitrogen and oxygen atoms in total. The Morgan fingerprint density at radius 3 is 2.71 bits per heavy atom. The number of nitrogens with one attached hydrogen (secondary N) is 1. The molecule has 2 atom stereocenters. The Hall–Kier alpha value is -1.51. The first-order valence-corrected chi connectivity index (χ1v) is 6.03. The van der Waals surface area contributed by atoms with E-state index >= 15 is 0 Å². The molecule has 1 N–H and O–H groups in total. The number of rotatable bonds is 5. The van der Waals surface area contributed by atoms with Crippen LogP contribution in [0.25, 0.3) is 0 Å². The lowest BCUT2D eigenvalue weighted by Crippen LogP contribution is -2.36. The smallest absolute Gasteiger partial charge is 0.251 e. The first-order valence-electron chi connectivity index (χ1n) is 6.03. The average Bonchev–Trinajstić information content (AvgIpc) is 2.37. The van der Waals surface area contributed by atoms with Gasteiger partial charge in [-0.25, -0.2) is 0 Å².